The van der Waals surface area contributed by atoms with Gasteiger partial charge in [0.25, 0.3) is 0 Å². The van der Waals surface area contributed by atoms with Crippen molar-refractivity contribution < 1.29 is 4.74 Å². The van der Waals surface area contributed by atoms with Gasteiger partial charge in [-0.3, -0.25) is 0 Å². The molecule has 3 nitrogen and oxygen atoms in total. The molecule has 0 spiro atoms. The number of benzene rings is 1. The summed E-state index contributed by atoms with van der Waals surface area (Å²) in [6.07, 6.45) is 29.2. The van der Waals surface area contributed by atoms with Gasteiger partial charge in [0.05, 0.1) is 12.3 Å². The standard InChI is InChI=1S/C37H48N2O/c1-2-28-8-3-4-9-30-10-5-6-11-31(30)16-17-33(26-28)34-19-18-32-12-7-13-35(36(32)39-34)40-25-22-37(27-29-14-15-29)20-23-38-24-21-37/h5-7,9-13,18-19,26,28-29,31,38H,2-4,8,14-17,20-25,27H2,1H3. The van der Waals surface area contributed by atoms with Crippen LogP contribution in [0.15, 0.2) is 72.4 Å². The van der Waals surface area contributed by atoms with E-state index in [1.807, 2.05) is 0 Å². The monoisotopic (exact) mass is 536 g/mol. The molecule has 2 heterocycles. The van der Waals surface area contributed by atoms with Crippen molar-refractivity contribution in [2.24, 2.45) is 23.2 Å². The van der Waals surface area contributed by atoms with Crippen LogP contribution in [0.2, 0.25) is 0 Å². The van der Waals surface area contributed by atoms with Crippen LogP contribution in [0, 0.1) is 23.2 Å². The van der Waals surface area contributed by atoms with Gasteiger partial charge in [-0.15, -0.1) is 0 Å². The first-order chi connectivity index (χ1) is 19.7. The van der Waals surface area contributed by atoms with E-state index in [1.54, 1.807) is 0 Å². The molecule has 1 aliphatic heterocycles. The van der Waals surface area contributed by atoms with Gasteiger partial charge in [0, 0.05) is 11.3 Å². The molecule has 1 aromatic heterocycles. The molecule has 0 bridgehead atoms. The predicted octanol–water partition coefficient (Wildman–Crippen LogP) is 9.22. The Balaban J connectivity index is 1.23. The maximum Gasteiger partial charge on any atom is 0.145 e. The summed E-state index contributed by atoms with van der Waals surface area (Å²) in [5, 5.41) is 4.75. The normalized spacial score (nSPS) is 25.0. The van der Waals surface area contributed by atoms with Gasteiger partial charge in [-0.25, -0.2) is 4.98 Å². The number of para-hydroxylation sites is 1. The van der Waals surface area contributed by atoms with E-state index in [2.05, 4.69) is 79.0 Å². The number of fused-ring (bicyclic) bond motifs is 2. The number of nitrogens with zero attached hydrogens (tertiary/aromatic N) is 1. The van der Waals surface area contributed by atoms with Crippen LogP contribution in [0.1, 0.15) is 89.7 Å². The van der Waals surface area contributed by atoms with Crippen LogP contribution in [-0.4, -0.2) is 24.7 Å². The average Bonchev–Trinajstić information content (AvgIpc) is 3.81. The molecule has 3 aliphatic carbocycles. The van der Waals surface area contributed by atoms with Gasteiger partial charge < -0.3 is 10.1 Å². The summed E-state index contributed by atoms with van der Waals surface area (Å²) in [7, 11) is 0. The summed E-state index contributed by atoms with van der Waals surface area (Å²) in [6, 6.07) is 10.9. The van der Waals surface area contributed by atoms with Gasteiger partial charge in [-0.2, -0.15) is 0 Å². The zero-order valence-electron chi connectivity index (χ0n) is 24.5. The van der Waals surface area contributed by atoms with Crippen LogP contribution in [0.4, 0.5) is 0 Å². The van der Waals surface area contributed by atoms with Crippen molar-refractivity contribution in [1.29, 1.82) is 0 Å². The van der Waals surface area contributed by atoms with Crippen molar-refractivity contribution in [1.82, 2.24) is 10.3 Å². The number of aromatic nitrogens is 1. The Morgan fingerprint density at radius 2 is 1.93 bits per heavy atom. The van der Waals surface area contributed by atoms with E-state index >= 15 is 0 Å². The number of ether oxygens (including phenoxy) is 1. The zero-order chi connectivity index (χ0) is 27.2. The quantitative estimate of drug-likeness (QED) is 0.365. The lowest BCUT2D eigenvalue weighted by Gasteiger charge is -2.38. The molecule has 3 heteroatoms. The Hall–Kier alpha value is -2.65. The van der Waals surface area contributed by atoms with E-state index in [4.69, 9.17) is 9.72 Å². The fraction of sp³-hybridized carbons (Fsp3) is 0.541. The first-order valence-corrected chi connectivity index (χ1v) is 16.2. The lowest BCUT2D eigenvalue weighted by atomic mass is 9.72. The number of piperidine rings is 1. The molecule has 1 saturated heterocycles. The lowest BCUT2D eigenvalue weighted by molar-refractivity contribution is 0.127. The average molecular weight is 537 g/mol. The Morgan fingerprint density at radius 3 is 2.77 bits per heavy atom. The summed E-state index contributed by atoms with van der Waals surface area (Å²) in [6.45, 7) is 5.43. The van der Waals surface area contributed by atoms with Crippen LogP contribution < -0.4 is 10.1 Å². The van der Waals surface area contributed by atoms with Crippen LogP contribution in [0.5, 0.6) is 5.75 Å². The minimum atomic E-state index is 0.459. The van der Waals surface area contributed by atoms with E-state index in [1.165, 1.54) is 74.3 Å². The molecule has 0 radical (unpaired) electrons. The van der Waals surface area contributed by atoms with Crippen LogP contribution >= 0.6 is 0 Å². The molecule has 0 amide bonds. The maximum atomic E-state index is 6.58. The van der Waals surface area contributed by atoms with Gasteiger partial charge in [-0.1, -0.05) is 74.4 Å². The minimum Gasteiger partial charge on any atom is -0.491 e. The fourth-order valence-electron chi connectivity index (χ4n) is 7.27. The highest BCUT2D eigenvalue weighted by atomic mass is 16.5. The molecular weight excluding hydrogens is 488 g/mol. The molecule has 2 unspecified atom stereocenters. The highest BCUT2D eigenvalue weighted by Crippen LogP contribution is 2.47. The fourth-order valence-corrected chi connectivity index (χ4v) is 7.27. The molecule has 212 valence electrons. The van der Waals surface area contributed by atoms with E-state index in [-0.39, 0.29) is 0 Å². The number of nitrogens with one attached hydrogen (secondary N) is 1. The predicted molar refractivity (Wildman–Crippen MR) is 168 cm³/mol. The molecule has 2 atom stereocenters. The van der Waals surface area contributed by atoms with E-state index < -0.39 is 0 Å². The Labute approximate surface area is 241 Å². The highest BCUT2D eigenvalue weighted by Gasteiger charge is 2.37. The third-order valence-corrected chi connectivity index (χ3v) is 10.0. The first-order valence-electron chi connectivity index (χ1n) is 16.2. The van der Waals surface area contributed by atoms with Crippen molar-refractivity contribution >= 4 is 16.5 Å². The molecule has 6 rings (SSSR count). The van der Waals surface area contributed by atoms with Gasteiger partial charge >= 0.3 is 0 Å². The SMILES string of the molecule is CCC1C=C(c2ccc3cccc(OCCC4(CC5CC5)CCNCC4)c3n2)CCC2C=CC=CC2=CCCC1. The van der Waals surface area contributed by atoms with E-state index in [9.17, 15) is 0 Å². The summed E-state index contributed by atoms with van der Waals surface area (Å²) >= 11 is 0. The zero-order valence-corrected chi connectivity index (χ0v) is 24.5. The Bertz CT molecular complexity index is 1270. The van der Waals surface area contributed by atoms with Crippen molar-refractivity contribution in [2.75, 3.05) is 19.7 Å². The van der Waals surface area contributed by atoms with Crippen LogP contribution in [0.25, 0.3) is 16.5 Å². The molecule has 40 heavy (non-hydrogen) atoms. The second kappa shape index (κ2) is 12.9. The summed E-state index contributed by atoms with van der Waals surface area (Å²) in [5.74, 6) is 3.03. The van der Waals surface area contributed by atoms with Crippen molar-refractivity contribution in [3.05, 3.63) is 78.1 Å². The van der Waals surface area contributed by atoms with Crippen molar-refractivity contribution in [3.8, 4) is 5.75 Å². The summed E-state index contributed by atoms with van der Waals surface area (Å²) < 4.78 is 6.58. The molecule has 4 aliphatic rings. The first kappa shape index (κ1) is 27.5. The van der Waals surface area contributed by atoms with Crippen molar-refractivity contribution in [2.45, 2.75) is 84.0 Å². The van der Waals surface area contributed by atoms with Gasteiger partial charge in [0.1, 0.15) is 11.3 Å². The summed E-state index contributed by atoms with van der Waals surface area (Å²) in [5.41, 5.74) is 5.51. The number of allylic oxidation sites excluding steroid dienone is 8. The Morgan fingerprint density at radius 1 is 1.02 bits per heavy atom. The van der Waals surface area contributed by atoms with E-state index in [0.717, 1.165) is 61.8 Å². The van der Waals surface area contributed by atoms with Gasteiger partial charge in [-0.05, 0) is 118 Å². The Kier molecular flexibility index (Phi) is 8.87. The third kappa shape index (κ3) is 6.79. The number of hydrogen-bond donors (Lipinski definition) is 1. The van der Waals surface area contributed by atoms with Crippen LogP contribution in [-0.2, 0) is 0 Å². The minimum absolute atomic E-state index is 0.459. The van der Waals surface area contributed by atoms with Crippen molar-refractivity contribution in [3.63, 3.8) is 0 Å². The third-order valence-electron chi connectivity index (χ3n) is 10.0. The smallest absolute Gasteiger partial charge is 0.145 e. The lowest BCUT2D eigenvalue weighted by Crippen LogP contribution is -2.38. The molecule has 2 aromatic rings. The molecular formula is C37H48N2O. The second-order valence-electron chi connectivity index (χ2n) is 12.9. The number of pyridine rings is 1. The number of rotatable bonds is 8. The maximum absolute atomic E-state index is 6.58. The highest BCUT2D eigenvalue weighted by molar-refractivity contribution is 5.86. The summed E-state index contributed by atoms with van der Waals surface area (Å²) in [4.78, 5) is 5.31. The molecule has 1 saturated carbocycles. The second-order valence-corrected chi connectivity index (χ2v) is 12.9. The number of hydrogen-bond acceptors (Lipinski definition) is 3. The molecule has 2 fully saturated rings. The topological polar surface area (TPSA) is 34.1 Å². The van der Waals surface area contributed by atoms with Crippen LogP contribution in [0.3, 0.4) is 0 Å². The van der Waals surface area contributed by atoms with Gasteiger partial charge in [0.15, 0.2) is 0 Å². The molecule has 1 N–H and O–H groups in total. The van der Waals surface area contributed by atoms with E-state index in [0.29, 0.717) is 17.3 Å². The largest absolute Gasteiger partial charge is 0.491 e. The molecule has 1 aromatic carbocycles. The van der Waals surface area contributed by atoms with Gasteiger partial charge in [0.2, 0.25) is 0 Å².